The van der Waals surface area contributed by atoms with Crippen molar-refractivity contribution in [3.63, 3.8) is 0 Å². The molecule has 0 aromatic carbocycles. The lowest BCUT2D eigenvalue weighted by Crippen LogP contribution is -2.42. The molecule has 3 heteroatoms. The Kier molecular flexibility index (Phi) is 6.54. The minimum atomic E-state index is 0.0161. The highest BCUT2D eigenvalue weighted by atomic mass is 16.2. The Balaban J connectivity index is 4.37. The van der Waals surface area contributed by atoms with Crippen LogP contribution < -0.4 is 5.73 Å². The molecular formula is C11H24N2O. The molecule has 0 radical (unpaired) electrons. The zero-order chi connectivity index (χ0) is 11.1. The largest absolute Gasteiger partial charge is 0.340 e. The zero-order valence-corrected chi connectivity index (χ0v) is 9.92. The molecule has 3 nitrogen and oxygen atoms in total. The van der Waals surface area contributed by atoms with Gasteiger partial charge >= 0.3 is 0 Å². The van der Waals surface area contributed by atoms with Gasteiger partial charge in [-0.05, 0) is 27.2 Å². The molecule has 0 aromatic rings. The SMILES string of the molecule is CCCC(CN)C(=O)N(CC)C(C)C. The third-order valence-electron chi connectivity index (χ3n) is 2.52. The van der Waals surface area contributed by atoms with Gasteiger partial charge in [0.15, 0.2) is 0 Å². The van der Waals surface area contributed by atoms with Gasteiger partial charge in [-0.2, -0.15) is 0 Å². The van der Waals surface area contributed by atoms with Gasteiger partial charge in [-0.3, -0.25) is 4.79 Å². The fraction of sp³-hybridized carbons (Fsp3) is 0.909. The average molecular weight is 200 g/mol. The Labute approximate surface area is 87.6 Å². The van der Waals surface area contributed by atoms with Crippen LogP contribution >= 0.6 is 0 Å². The van der Waals surface area contributed by atoms with Crippen LogP contribution in [0.3, 0.4) is 0 Å². The molecule has 14 heavy (non-hydrogen) atoms. The molecule has 0 aliphatic rings. The number of nitrogens with two attached hydrogens (primary N) is 1. The Morgan fingerprint density at radius 1 is 1.36 bits per heavy atom. The number of amides is 1. The summed E-state index contributed by atoms with van der Waals surface area (Å²) in [5.41, 5.74) is 5.60. The number of hydrogen-bond donors (Lipinski definition) is 1. The van der Waals surface area contributed by atoms with Crippen LogP contribution in [-0.2, 0) is 4.79 Å². The van der Waals surface area contributed by atoms with E-state index >= 15 is 0 Å². The summed E-state index contributed by atoms with van der Waals surface area (Å²) >= 11 is 0. The van der Waals surface area contributed by atoms with Crippen molar-refractivity contribution in [2.75, 3.05) is 13.1 Å². The molecule has 0 heterocycles. The molecule has 84 valence electrons. The van der Waals surface area contributed by atoms with Crippen molar-refractivity contribution >= 4 is 5.91 Å². The van der Waals surface area contributed by atoms with E-state index in [0.717, 1.165) is 19.4 Å². The van der Waals surface area contributed by atoms with Crippen molar-refractivity contribution < 1.29 is 4.79 Å². The number of hydrogen-bond acceptors (Lipinski definition) is 2. The molecule has 1 unspecified atom stereocenters. The van der Waals surface area contributed by atoms with E-state index in [2.05, 4.69) is 6.92 Å². The number of nitrogens with zero attached hydrogens (tertiary/aromatic N) is 1. The highest BCUT2D eigenvalue weighted by Gasteiger charge is 2.22. The molecular weight excluding hydrogens is 176 g/mol. The van der Waals surface area contributed by atoms with E-state index in [0.29, 0.717) is 6.54 Å². The van der Waals surface area contributed by atoms with E-state index in [1.807, 2.05) is 25.7 Å². The van der Waals surface area contributed by atoms with Crippen molar-refractivity contribution in [3.05, 3.63) is 0 Å². The van der Waals surface area contributed by atoms with Gasteiger partial charge in [0, 0.05) is 19.1 Å². The lowest BCUT2D eigenvalue weighted by molar-refractivity contribution is -0.136. The molecule has 0 fully saturated rings. The van der Waals surface area contributed by atoms with Crippen molar-refractivity contribution in [2.24, 2.45) is 11.7 Å². The van der Waals surface area contributed by atoms with E-state index in [1.54, 1.807) is 0 Å². The zero-order valence-electron chi connectivity index (χ0n) is 9.92. The van der Waals surface area contributed by atoms with Gasteiger partial charge in [0.1, 0.15) is 0 Å². The van der Waals surface area contributed by atoms with Crippen LogP contribution in [0.25, 0.3) is 0 Å². The Morgan fingerprint density at radius 3 is 2.21 bits per heavy atom. The molecule has 0 rings (SSSR count). The lowest BCUT2D eigenvalue weighted by atomic mass is 10.0. The average Bonchev–Trinajstić information content (AvgIpc) is 2.14. The molecule has 0 aliphatic heterocycles. The first-order valence-electron chi connectivity index (χ1n) is 5.58. The summed E-state index contributed by atoms with van der Waals surface area (Å²) in [4.78, 5) is 13.9. The maximum atomic E-state index is 12.0. The predicted octanol–water partition coefficient (Wildman–Crippen LogP) is 1.62. The van der Waals surface area contributed by atoms with Crippen LogP contribution in [0.5, 0.6) is 0 Å². The van der Waals surface area contributed by atoms with E-state index in [1.165, 1.54) is 0 Å². The quantitative estimate of drug-likeness (QED) is 0.708. The van der Waals surface area contributed by atoms with Crippen molar-refractivity contribution in [1.82, 2.24) is 4.90 Å². The number of rotatable bonds is 6. The second kappa shape index (κ2) is 6.82. The maximum Gasteiger partial charge on any atom is 0.227 e. The van der Waals surface area contributed by atoms with Crippen LogP contribution in [0.2, 0.25) is 0 Å². The van der Waals surface area contributed by atoms with E-state index in [-0.39, 0.29) is 17.9 Å². The third-order valence-corrected chi connectivity index (χ3v) is 2.52. The molecule has 0 saturated heterocycles. The fourth-order valence-corrected chi connectivity index (χ4v) is 1.70. The highest BCUT2D eigenvalue weighted by Crippen LogP contribution is 2.11. The summed E-state index contributed by atoms with van der Waals surface area (Å²) in [5.74, 6) is 0.231. The van der Waals surface area contributed by atoms with E-state index < -0.39 is 0 Å². The second-order valence-corrected chi connectivity index (χ2v) is 3.94. The topological polar surface area (TPSA) is 46.3 Å². The molecule has 0 bridgehead atoms. The number of carbonyl (C=O) groups excluding carboxylic acids is 1. The van der Waals surface area contributed by atoms with E-state index in [4.69, 9.17) is 5.73 Å². The van der Waals surface area contributed by atoms with Crippen molar-refractivity contribution in [1.29, 1.82) is 0 Å². The van der Waals surface area contributed by atoms with Crippen LogP contribution in [0.4, 0.5) is 0 Å². The van der Waals surface area contributed by atoms with Crippen LogP contribution in [0.15, 0.2) is 0 Å². The van der Waals surface area contributed by atoms with Gasteiger partial charge in [0.05, 0.1) is 5.92 Å². The van der Waals surface area contributed by atoms with Gasteiger partial charge in [-0.15, -0.1) is 0 Å². The summed E-state index contributed by atoms with van der Waals surface area (Å²) in [5, 5.41) is 0. The lowest BCUT2D eigenvalue weighted by Gasteiger charge is -2.29. The molecule has 0 aromatic heterocycles. The first kappa shape index (κ1) is 13.4. The molecule has 1 atom stereocenters. The Hall–Kier alpha value is -0.570. The summed E-state index contributed by atoms with van der Waals surface area (Å²) in [7, 11) is 0. The minimum Gasteiger partial charge on any atom is -0.340 e. The smallest absolute Gasteiger partial charge is 0.227 e. The molecule has 0 saturated carbocycles. The van der Waals surface area contributed by atoms with Gasteiger partial charge in [-0.1, -0.05) is 13.3 Å². The molecule has 0 spiro atoms. The number of carbonyl (C=O) groups is 1. The second-order valence-electron chi connectivity index (χ2n) is 3.94. The van der Waals surface area contributed by atoms with Crippen molar-refractivity contribution in [3.8, 4) is 0 Å². The van der Waals surface area contributed by atoms with E-state index in [9.17, 15) is 4.79 Å². The monoisotopic (exact) mass is 200 g/mol. The first-order chi connectivity index (χ1) is 6.58. The summed E-state index contributed by atoms with van der Waals surface area (Å²) in [6.07, 6.45) is 1.92. The highest BCUT2D eigenvalue weighted by molar-refractivity contribution is 5.79. The molecule has 1 amide bonds. The fourth-order valence-electron chi connectivity index (χ4n) is 1.70. The Bertz CT molecular complexity index is 169. The summed E-state index contributed by atoms with van der Waals surface area (Å²) in [6, 6.07) is 0.276. The maximum absolute atomic E-state index is 12.0. The van der Waals surface area contributed by atoms with Gasteiger partial charge < -0.3 is 10.6 Å². The standard InChI is InChI=1S/C11H24N2O/c1-5-7-10(8-12)11(14)13(6-2)9(3)4/h9-10H,5-8,12H2,1-4H3. The van der Waals surface area contributed by atoms with Crippen LogP contribution in [-0.4, -0.2) is 29.9 Å². The van der Waals surface area contributed by atoms with Crippen LogP contribution in [0.1, 0.15) is 40.5 Å². The summed E-state index contributed by atoms with van der Waals surface area (Å²) < 4.78 is 0. The summed E-state index contributed by atoms with van der Waals surface area (Å²) in [6.45, 7) is 9.42. The molecule has 0 aliphatic carbocycles. The predicted molar refractivity (Wildman–Crippen MR) is 60.0 cm³/mol. The molecule has 2 N–H and O–H groups in total. The first-order valence-corrected chi connectivity index (χ1v) is 5.58. The van der Waals surface area contributed by atoms with Gasteiger partial charge in [0.2, 0.25) is 5.91 Å². The van der Waals surface area contributed by atoms with Crippen molar-refractivity contribution in [2.45, 2.75) is 46.6 Å². The van der Waals surface area contributed by atoms with Gasteiger partial charge in [-0.25, -0.2) is 0 Å². The minimum absolute atomic E-state index is 0.0161. The third kappa shape index (κ3) is 3.66. The van der Waals surface area contributed by atoms with Gasteiger partial charge in [0.25, 0.3) is 0 Å². The normalized spacial score (nSPS) is 13.0. The Morgan fingerprint density at radius 2 is 1.93 bits per heavy atom. The van der Waals surface area contributed by atoms with Crippen LogP contribution in [0, 0.1) is 5.92 Å².